The number of amides is 1. The third-order valence-electron chi connectivity index (χ3n) is 4.53. The van der Waals surface area contributed by atoms with E-state index in [0.29, 0.717) is 18.1 Å². The van der Waals surface area contributed by atoms with Gasteiger partial charge in [-0.3, -0.25) is 4.79 Å². The van der Waals surface area contributed by atoms with Crippen LogP contribution < -0.4 is 5.32 Å². The second-order valence-electron chi connectivity index (χ2n) is 5.78. The Balaban J connectivity index is 1.84. The maximum absolute atomic E-state index is 12.8. The van der Waals surface area contributed by atoms with E-state index in [4.69, 9.17) is 16.3 Å². The van der Waals surface area contributed by atoms with Crippen LogP contribution in [0, 0.1) is 0 Å². The third kappa shape index (κ3) is 2.64. The van der Waals surface area contributed by atoms with Crippen molar-refractivity contribution in [3.63, 3.8) is 0 Å². The standard InChI is InChI=1S/C16H18ClNO3/c17-12-5-3-11(4-6-12)16(8-1-2-9-16)15(20)18-13-7-10-21-14(13)19/h3-6,13H,1-2,7-10H2,(H,18,20)/t13-/m0/s1. The number of carbonyl (C=O) groups excluding carboxylic acids is 2. The number of carbonyl (C=O) groups is 2. The highest BCUT2D eigenvalue weighted by molar-refractivity contribution is 6.30. The number of halogens is 1. The van der Waals surface area contributed by atoms with Gasteiger partial charge in [-0.15, -0.1) is 0 Å². The summed E-state index contributed by atoms with van der Waals surface area (Å²) in [6, 6.07) is 6.96. The molecule has 4 nitrogen and oxygen atoms in total. The van der Waals surface area contributed by atoms with Crippen molar-refractivity contribution >= 4 is 23.5 Å². The maximum atomic E-state index is 12.8. The zero-order valence-electron chi connectivity index (χ0n) is 11.7. The van der Waals surface area contributed by atoms with E-state index in [0.717, 1.165) is 31.2 Å². The average molecular weight is 308 g/mol. The first-order valence-electron chi connectivity index (χ1n) is 7.35. The molecule has 0 unspecified atom stereocenters. The molecule has 0 spiro atoms. The van der Waals surface area contributed by atoms with Crippen molar-refractivity contribution in [3.05, 3.63) is 34.9 Å². The van der Waals surface area contributed by atoms with Crippen LogP contribution in [-0.4, -0.2) is 24.5 Å². The number of cyclic esters (lactones) is 1. The van der Waals surface area contributed by atoms with Crippen LogP contribution in [0.5, 0.6) is 0 Å². The summed E-state index contributed by atoms with van der Waals surface area (Å²) in [4.78, 5) is 24.4. The van der Waals surface area contributed by atoms with Crippen LogP contribution in [0.2, 0.25) is 5.02 Å². The van der Waals surface area contributed by atoms with E-state index < -0.39 is 11.5 Å². The second-order valence-corrected chi connectivity index (χ2v) is 6.21. The van der Waals surface area contributed by atoms with Gasteiger partial charge in [-0.1, -0.05) is 36.6 Å². The van der Waals surface area contributed by atoms with E-state index in [1.165, 1.54) is 0 Å². The third-order valence-corrected chi connectivity index (χ3v) is 4.78. The first kappa shape index (κ1) is 14.4. The smallest absolute Gasteiger partial charge is 0.328 e. The van der Waals surface area contributed by atoms with E-state index in [1.54, 1.807) is 0 Å². The molecular weight excluding hydrogens is 290 g/mol. The number of hydrogen-bond donors (Lipinski definition) is 1. The molecule has 21 heavy (non-hydrogen) atoms. The molecule has 1 N–H and O–H groups in total. The summed E-state index contributed by atoms with van der Waals surface area (Å²) < 4.78 is 4.91. The Bertz CT molecular complexity index is 549. The van der Waals surface area contributed by atoms with Gasteiger partial charge in [0.25, 0.3) is 0 Å². The van der Waals surface area contributed by atoms with Crippen molar-refractivity contribution in [2.45, 2.75) is 43.6 Å². The van der Waals surface area contributed by atoms with Crippen LogP contribution >= 0.6 is 11.6 Å². The van der Waals surface area contributed by atoms with Gasteiger partial charge in [0.15, 0.2) is 0 Å². The summed E-state index contributed by atoms with van der Waals surface area (Å²) >= 11 is 5.94. The summed E-state index contributed by atoms with van der Waals surface area (Å²) in [7, 11) is 0. The molecule has 0 radical (unpaired) electrons. The molecule has 0 bridgehead atoms. The topological polar surface area (TPSA) is 55.4 Å². The summed E-state index contributed by atoms with van der Waals surface area (Å²) in [5.41, 5.74) is 0.446. The van der Waals surface area contributed by atoms with E-state index in [1.807, 2.05) is 24.3 Å². The highest BCUT2D eigenvalue weighted by Gasteiger charge is 2.44. The zero-order valence-corrected chi connectivity index (χ0v) is 12.5. The molecule has 1 aromatic rings. The Kier molecular flexibility index (Phi) is 3.89. The normalized spacial score (nSPS) is 23.9. The molecule has 2 aliphatic rings. The first-order valence-corrected chi connectivity index (χ1v) is 7.73. The molecule has 1 aromatic carbocycles. The number of rotatable bonds is 3. The lowest BCUT2D eigenvalue weighted by atomic mass is 9.78. The number of hydrogen-bond acceptors (Lipinski definition) is 3. The molecule has 0 aromatic heterocycles. The monoisotopic (exact) mass is 307 g/mol. The van der Waals surface area contributed by atoms with E-state index in [2.05, 4.69) is 5.32 Å². The first-order chi connectivity index (χ1) is 10.1. The molecule has 1 heterocycles. The predicted octanol–water partition coefficient (Wildman–Crippen LogP) is 2.58. The fraction of sp³-hybridized carbons (Fsp3) is 0.500. The van der Waals surface area contributed by atoms with Crippen LogP contribution in [0.15, 0.2) is 24.3 Å². The van der Waals surface area contributed by atoms with Gasteiger partial charge in [0, 0.05) is 11.4 Å². The Labute approximate surface area is 128 Å². The molecule has 1 saturated heterocycles. The van der Waals surface area contributed by atoms with Gasteiger partial charge < -0.3 is 10.1 Å². The van der Waals surface area contributed by atoms with Gasteiger partial charge >= 0.3 is 5.97 Å². The van der Waals surface area contributed by atoms with Crippen LogP contribution in [0.25, 0.3) is 0 Å². The quantitative estimate of drug-likeness (QED) is 0.873. The molecule has 1 aliphatic heterocycles. The van der Waals surface area contributed by atoms with Gasteiger partial charge in [-0.2, -0.15) is 0 Å². The van der Waals surface area contributed by atoms with Gasteiger partial charge in [0.05, 0.1) is 12.0 Å². The minimum absolute atomic E-state index is 0.0637. The fourth-order valence-electron chi connectivity index (χ4n) is 3.32. The highest BCUT2D eigenvalue weighted by Crippen LogP contribution is 2.41. The van der Waals surface area contributed by atoms with Crippen LogP contribution in [0.4, 0.5) is 0 Å². The number of nitrogens with one attached hydrogen (secondary N) is 1. The Morgan fingerprint density at radius 2 is 1.90 bits per heavy atom. The van der Waals surface area contributed by atoms with Crippen molar-refractivity contribution in [3.8, 4) is 0 Å². The lowest BCUT2D eigenvalue weighted by Crippen LogP contribution is -2.48. The van der Waals surface area contributed by atoms with E-state index in [9.17, 15) is 9.59 Å². The van der Waals surface area contributed by atoms with Crippen molar-refractivity contribution in [2.75, 3.05) is 6.61 Å². The van der Waals surface area contributed by atoms with E-state index in [-0.39, 0.29) is 11.9 Å². The SMILES string of the molecule is O=C1OCC[C@@H]1NC(=O)C1(c2ccc(Cl)cc2)CCCC1. The molecule has 112 valence electrons. The van der Waals surface area contributed by atoms with Crippen molar-refractivity contribution in [1.29, 1.82) is 0 Å². The summed E-state index contributed by atoms with van der Waals surface area (Å²) in [5, 5.41) is 3.54. The van der Waals surface area contributed by atoms with Crippen molar-refractivity contribution in [1.82, 2.24) is 5.32 Å². The lowest BCUT2D eigenvalue weighted by molar-refractivity contribution is -0.142. The maximum Gasteiger partial charge on any atom is 0.328 e. The molecule has 5 heteroatoms. The fourth-order valence-corrected chi connectivity index (χ4v) is 3.44. The molecule has 1 saturated carbocycles. The molecule has 1 amide bonds. The minimum atomic E-state index is -0.534. The molecule has 1 aliphatic carbocycles. The molecule has 3 rings (SSSR count). The van der Waals surface area contributed by atoms with Crippen molar-refractivity contribution in [2.24, 2.45) is 0 Å². The summed E-state index contributed by atoms with van der Waals surface area (Å²) in [6.07, 6.45) is 4.21. The minimum Gasteiger partial charge on any atom is -0.464 e. The van der Waals surface area contributed by atoms with Crippen LogP contribution in [-0.2, 0) is 19.7 Å². The molecule has 1 atom stereocenters. The lowest BCUT2D eigenvalue weighted by Gasteiger charge is -2.29. The van der Waals surface area contributed by atoms with Crippen LogP contribution in [0.1, 0.15) is 37.7 Å². The Morgan fingerprint density at radius 1 is 1.24 bits per heavy atom. The highest BCUT2D eigenvalue weighted by atomic mass is 35.5. The summed E-state index contributed by atoms with van der Waals surface area (Å²) in [5.74, 6) is -0.390. The molecular formula is C16H18ClNO3. The van der Waals surface area contributed by atoms with Gasteiger partial charge in [-0.05, 0) is 30.5 Å². The van der Waals surface area contributed by atoms with Crippen molar-refractivity contribution < 1.29 is 14.3 Å². The second kappa shape index (κ2) is 5.68. The number of ether oxygens (including phenoxy) is 1. The number of benzene rings is 1. The van der Waals surface area contributed by atoms with Gasteiger partial charge in [-0.25, -0.2) is 4.79 Å². The van der Waals surface area contributed by atoms with Gasteiger partial charge in [0.1, 0.15) is 6.04 Å². The number of esters is 1. The zero-order chi connectivity index (χ0) is 14.9. The van der Waals surface area contributed by atoms with Gasteiger partial charge in [0.2, 0.25) is 5.91 Å². The van der Waals surface area contributed by atoms with E-state index >= 15 is 0 Å². The Hall–Kier alpha value is -1.55. The van der Waals surface area contributed by atoms with Crippen LogP contribution in [0.3, 0.4) is 0 Å². The molecule has 2 fully saturated rings. The summed E-state index contributed by atoms with van der Waals surface area (Å²) in [6.45, 7) is 0.387. The predicted molar refractivity (Wildman–Crippen MR) is 79.1 cm³/mol. The largest absolute Gasteiger partial charge is 0.464 e. The Morgan fingerprint density at radius 3 is 2.48 bits per heavy atom. The average Bonchev–Trinajstić information content (AvgIpc) is 3.10.